The Morgan fingerprint density at radius 3 is 2.91 bits per heavy atom. The largest absolute Gasteiger partial charge is 0.495 e. The van der Waals surface area contributed by atoms with Crippen LogP contribution in [0.2, 0.25) is 0 Å². The van der Waals surface area contributed by atoms with E-state index in [9.17, 15) is 4.79 Å². The van der Waals surface area contributed by atoms with Gasteiger partial charge in [0.05, 0.1) is 23.4 Å². The van der Waals surface area contributed by atoms with E-state index in [2.05, 4.69) is 15.5 Å². The molecule has 2 aromatic heterocycles. The third-order valence-corrected chi connectivity index (χ3v) is 5.76. The van der Waals surface area contributed by atoms with Crippen molar-refractivity contribution in [2.75, 3.05) is 18.2 Å². The van der Waals surface area contributed by atoms with Gasteiger partial charge in [-0.1, -0.05) is 41.3 Å². The lowest BCUT2D eigenvalue weighted by Crippen LogP contribution is -1.98. The molecule has 0 aliphatic carbocycles. The molecule has 3 aromatic rings. The van der Waals surface area contributed by atoms with Crippen LogP contribution in [-0.2, 0) is 0 Å². The van der Waals surface area contributed by atoms with Crippen LogP contribution in [0.15, 0.2) is 46.1 Å². The molecule has 23 heavy (non-hydrogen) atoms. The monoisotopic (exact) mass is 363 g/mol. The molecular weight excluding hydrogens is 350 g/mol. The molecule has 118 valence electrons. The fraction of sp³-hybridized carbons (Fsp3) is 0.133. The van der Waals surface area contributed by atoms with Crippen molar-refractivity contribution in [3.63, 3.8) is 0 Å². The van der Waals surface area contributed by atoms with Crippen molar-refractivity contribution in [1.82, 2.24) is 10.2 Å². The fourth-order valence-corrected chi connectivity index (χ4v) is 4.22. The number of para-hydroxylation sites is 2. The number of carbonyl (C=O) groups excluding carboxylic acids is 1. The molecule has 3 rings (SSSR count). The summed E-state index contributed by atoms with van der Waals surface area (Å²) in [4.78, 5) is 12.7. The lowest BCUT2D eigenvalue weighted by Gasteiger charge is -2.07. The van der Waals surface area contributed by atoms with Crippen LogP contribution in [0.1, 0.15) is 9.67 Å². The van der Waals surface area contributed by atoms with Gasteiger partial charge >= 0.3 is 0 Å². The van der Waals surface area contributed by atoms with Crippen molar-refractivity contribution in [3.05, 3.63) is 46.7 Å². The number of carbonyl (C=O) groups is 1. The number of rotatable bonds is 7. The second-order valence-corrected chi connectivity index (χ2v) is 7.54. The molecule has 1 N–H and O–H groups in total. The molecule has 0 spiro atoms. The summed E-state index contributed by atoms with van der Waals surface area (Å²) in [5.41, 5.74) is 0.831. The summed E-state index contributed by atoms with van der Waals surface area (Å²) in [5, 5.41) is 14.0. The summed E-state index contributed by atoms with van der Waals surface area (Å²) in [5.74, 6) is 1.22. The van der Waals surface area contributed by atoms with Gasteiger partial charge < -0.3 is 10.1 Å². The highest BCUT2D eigenvalue weighted by Crippen LogP contribution is 2.31. The Morgan fingerprint density at radius 1 is 1.26 bits per heavy atom. The van der Waals surface area contributed by atoms with Gasteiger partial charge in [-0.25, -0.2) is 0 Å². The number of nitrogens with zero attached hydrogens (tertiary/aromatic N) is 2. The van der Waals surface area contributed by atoms with Gasteiger partial charge in [-0.15, -0.1) is 21.5 Å². The third-order valence-electron chi connectivity index (χ3n) is 2.88. The Morgan fingerprint density at radius 2 is 2.13 bits per heavy atom. The van der Waals surface area contributed by atoms with E-state index in [1.807, 2.05) is 41.8 Å². The molecule has 0 bridgehead atoms. The van der Waals surface area contributed by atoms with Crippen LogP contribution in [-0.4, -0.2) is 28.8 Å². The topological polar surface area (TPSA) is 64.1 Å². The number of thiophene rings is 1. The number of ether oxygens (including phenoxy) is 1. The summed E-state index contributed by atoms with van der Waals surface area (Å²) < 4.78 is 6.05. The molecule has 2 heterocycles. The average molecular weight is 363 g/mol. The van der Waals surface area contributed by atoms with Crippen molar-refractivity contribution in [2.24, 2.45) is 0 Å². The molecule has 0 atom stereocenters. The molecular formula is C15H13N3O2S3. The average Bonchev–Trinajstić information content (AvgIpc) is 3.25. The standard InChI is InChI=1S/C15H13N3O2S3/c1-20-12-6-3-2-5-10(12)16-14-17-18-15(23-14)22-9-11(19)13-7-4-8-21-13/h2-8H,9H2,1H3,(H,16,17). The SMILES string of the molecule is COc1ccccc1Nc1nnc(SCC(=O)c2cccs2)s1. The first-order chi connectivity index (χ1) is 11.3. The van der Waals surface area contributed by atoms with Crippen molar-refractivity contribution in [3.8, 4) is 5.75 Å². The van der Waals surface area contributed by atoms with Gasteiger partial charge in [0, 0.05) is 0 Å². The van der Waals surface area contributed by atoms with E-state index in [4.69, 9.17) is 4.74 Å². The van der Waals surface area contributed by atoms with Crippen LogP contribution >= 0.6 is 34.4 Å². The molecule has 0 amide bonds. The second kappa shape index (κ2) is 7.58. The zero-order chi connectivity index (χ0) is 16.1. The fourth-order valence-electron chi connectivity index (χ4n) is 1.82. The van der Waals surface area contributed by atoms with E-state index in [1.165, 1.54) is 34.4 Å². The highest BCUT2D eigenvalue weighted by molar-refractivity contribution is 8.01. The molecule has 0 saturated carbocycles. The predicted octanol–water partition coefficient (Wildman–Crippen LogP) is 4.33. The van der Waals surface area contributed by atoms with E-state index in [-0.39, 0.29) is 5.78 Å². The van der Waals surface area contributed by atoms with Gasteiger partial charge in [0.25, 0.3) is 0 Å². The van der Waals surface area contributed by atoms with Gasteiger partial charge in [0.1, 0.15) is 5.75 Å². The Labute approximate surface area is 145 Å². The zero-order valence-electron chi connectivity index (χ0n) is 12.2. The first kappa shape index (κ1) is 16.0. The molecule has 0 unspecified atom stereocenters. The lowest BCUT2D eigenvalue weighted by molar-refractivity contribution is 0.102. The van der Waals surface area contributed by atoms with E-state index in [0.717, 1.165) is 20.7 Å². The quantitative estimate of drug-likeness (QED) is 0.498. The van der Waals surface area contributed by atoms with Crippen molar-refractivity contribution < 1.29 is 9.53 Å². The van der Waals surface area contributed by atoms with Gasteiger partial charge in [-0.05, 0) is 23.6 Å². The van der Waals surface area contributed by atoms with E-state index in [1.54, 1.807) is 7.11 Å². The Bertz CT molecular complexity index is 787. The first-order valence-electron chi connectivity index (χ1n) is 6.69. The number of hydrogen-bond acceptors (Lipinski definition) is 8. The summed E-state index contributed by atoms with van der Waals surface area (Å²) in [7, 11) is 1.62. The smallest absolute Gasteiger partial charge is 0.210 e. The number of anilines is 2. The number of Topliss-reactive ketones (excluding diaryl/α,β-unsaturated/α-hetero) is 1. The first-order valence-corrected chi connectivity index (χ1v) is 9.37. The maximum atomic E-state index is 12.0. The number of methoxy groups -OCH3 is 1. The number of aromatic nitrogens is 2. The Hall–Kier alpha value is -1.90. The van der Waals surface area contributed by atoms with Crippen LogP contribution in [0.4, 0.5) is 10.8 Å². The van der Waals surface area contributed by atoms with Crippen LogP contribution in [0.25, 0.3) is 0 Å². The normalized spacial score (nSPS) is 10.5. The minimum absolute atomic E-state index is 0.111. The van der Waals surface area contributed by atoms with Crippen molar-refractivity contribution >= 4 is 51.0 Å². The number of benzene rings is 1. The summed E-state index contributed by atoms with van der Waals surface area (Å²) >= 11 is 4.27. The van der Waals surface area contributed by atoms with Crippen LogP contribution < -0.4 is 10.1 Å². The Balaban J connectivity index is 1.61. The number of nitrogens with one attached hydrogen (secondary N) is 1. The zero-order valence-corrected chi connectivity index (χ0v) is 14.6. The van der Waals surface area contributed by atoms with Crippen LogP contribution in [0.5, 0.6) is 5.75 Å². The van der Waals surface area contributed by atoms with Gasteiger partial charge in [-0.2, -0.15) is 0 Å². The maximum Gasteiger partial charge on any atom is 0.210 e. The van der Waals surface area contributed by atoms with E-state index in [0.29, 0.717) is 10.9 Å². The molecule has 0 aliphatic rings. The molecule has 8 heteroatoms. The minimum Gasteiger partial charge on any atom is -0.495 e. The molecule has 0 aliphatic heterocycles. The minimum atomic E-state index is 0.111. The summed E-state index contributed by atoms with van der Waals surface area (Å²) in [6, 6.07) is 11.3. The Kier molecular flexibility index (Phi) is 5.27. The predicted molar refractivity (Wildman–Crippen MR) is 95.6 cm³/mol. The highest BCUT2D eigenvalue weighted by Gasteiger charge is 2.11. The molecule has 0 saturated heterocycles. The molecule has 0 fully saturated rings. The highest BCUT2D eigenvalue weighted by atomic mass is 32.2. The maximum absolute atomic E-state index is 12.0. The third kappa shape index (κ3) is 4.10. The number of ketones is 1. The van der Waals surface area contributed by atoms with Crippen LogP contribution in [0.3, 0.4) is 0 Å². The molecule has 1 aromatic carbocycles. The van der Waals surface area contributed by atoms with Crippen LogP contribution in [0, 0.1) is 0 Å². The van der Waals surface area contributed by atoms with E-state index >= 15 is 0 Å². The second-order valence-electron chi connectivity index (χ2n) is 4.39. The van der Waals surface area contributed by atoms with Gasteiger partial charge in [0.15, 0.2) is 10.1 Å². The lowest BCUT2D eigenvalue weighted by atomic mass is 10.3. The van der Waals surface area contributed by atoms with Gasteiger partial charge in [0.2, 0.25) is 5.13 Å². The molecule has 0 radical (unpaired) electrons. The molecule has 5 nitrogen and oxygen atoms in total. The summed E-state index contributed by atoms with van der Waals surface area (Å²) in [6.07, 6.45) is 0. The van der Waals surface area contributed by atoms with E-state index < -0.39 is 0 Å². The number of hydrogen-bond donors (Lipinski definition) is 1. The van der Waals surface area contributed by atoms with Crippen molar-refractivity contribution in [2.45, 2.75) is 4.34 Å². The van der Waals surface area contributed by atoms with Crippen molar-refractivity contribution in [1.29, 1.82) is 0 Å². The van der Waals surface area contributed by atoms with Gasteiger partial charge in [-0.3, -0.25) is 4.79 Å². The summed E-state index contributed by atoms with van der Waals surface area (Å²) in [6.45, 7) is 0. The number of thioether (sulfide) groups is 1.